The molecular formula is C19H16ClN5O2. The summed E-state index contributed by atoms with van der Waals surface area (Å²) in [4.78, 5) is 44.1. The van der Waals surface area contributed by atoms with Crippen molar-refractivity contribution in [2.24, 2.45) is 5.92 Å². The minimum atomic E-state index is -0.541. The van der Waals surface area contributed by atoms with E-state index in [2.05, 4.69) is 19.9 Å². The number of Topliss-reactive ketones (excluding diaryl/α,β-unsaturated/α-hetero) is 1. The standard InChI is InChI=1S/C19H16ClN5O2/c1-10(2)13(26)9-12-16-17(22-8-7-21-16)19(27)25(12)15-6-4-11-3-5-14(20)23-18(11)24-15/h3-8,10,12H,9H2,1-2H3. The van der Waals surface area contributed by atoms with Crippen molar-refractivity contribution in [3.63, 3.8) is 0 Å². The van der Waals surface area contributed by atoms with E-state index in [9.17, 15) is 9.59 Å². The molecule has 0 N–H and O–H groups in total. The van der Waals surface area contributed by atoms with Crippen LogP contribution in [0.15, 0.2) is 36.7 Å². The minimum Gasteiger partial charge on any atom is -0.299 e. The molecule has 0 saturated carbocycles. The molecule has 27 heavy (non-hydrogen) atoms. The molecule has 1 aliphatic heterocycles. The highest BCUT2D eigenvalue weighted by atomic mass is 35.5. The van der Waals surface area contributed by atoms with Gasteiger partial charge in [-0.05, 0) is 24.3 Å². The van der Waals surface area contributed by atoms with Crippen LogP contribution < -0.4 is 4.90 Å². The van der Waals surface area contributed by atoms with Crippen molar-refractivity contribution in [1.82, 2.24) is 19.9 Å². The Kier molecular flexibility index (Phi) is 4.31. The van der Waals surface area contributed by atoms with Gasteiger partial charge in [-0.3, -0.25) is 19.5 Å². The van der Waals surface area contributed by atoms with Crippen LogP contribution in [0.4, 0.5) is 5.82 Å². The predicted octanol–water partition coefficient (Wildman–Crippen LogP) is 3.39. The van der Waals surface area contributed by atoms with Crippen molar-refractivity contribution in [2.45, 2.75) is 26.3 Å². The highest BCUT2D eigenvalue weighted by Gasteiger charge is 2.42. The molecule has 0 saturated heterocycles. The summed E-state index contributed by atoms with van der Waals surface area (Å²) in [6.45, 7) is 3.67. The first-order valence-corrected chi connectivity index (χ1v) is 8.94. The average Bonchev–Trinajstić information content (AvgIpc) is 2.93. The number of fused-ring (bicyclic) bond motifs is 2. The van der Waals surface area contributed by atoms with E-state index in [1.807, 2.05) is 26.0 Å². The quantitative estimate of drug-likeness (QED) is 0.643. The van der Waals surface area contributed by atoms with Crippen LogP contribution in [0.5, 0.6) is 0 Å². The van der Waals surface area contributed by atoms with Crippen LogP contribution in [0.25, 0.3) is 11.0 Å². The Balaban J connectivity index is 1.82. The molecule has 7 nitrogen and oxygen atoms in total. The lowest BCUT2D eigenvalue weighted by atomic mass is 10.00. The molecule has 1 amide bonds. The highest BCUT2D eigenvalue weighted by Crippen LogP contribution is 2.37. The summed E-state index contributed by atoms with van der Waals surface area (Å²) in [6.07, 6.45) is 3.14. The molecule has 4 heterocycles. The molecule has 0 aliphatic carbocycles. The number of carbonyl (C=O) groups excluding carboxylic acids is 2. The zero-order chi connectivity index (χ0) is 19.1. The predicted molar refractivity (Wildman–Crippen MR) is 101 cm³/mol. The van der Waals surface area contributed by atoms with Gasteiger partial charge in [-0.1, -0.05) is 25.4 Å². The fraction of sp³-hybridized carbons (Fsp3) is 0.263. The number of halogens is 1. The number of carbonyl (C=O) groups is 2. The summed E-state index contributed by atoms with van der Waals surface area (Å²) in [5.41, 5.74) is 1.18. The van der Waals surface area contributed by atoms with E-state index >= 15 is 0 Å². The normalized spacial score (nSPS) is 16.2. The topological polar surface area (TPSA) is 88.9 Å². The first kappa shape index (κ1) is 17.5. The minimum absolute atomic E-state index is 0.0401. The molecule has 0 aromatic carbocycles. The largest absolute Gasteiger partial charge is 0.299 e. The number of aromatic nitrogens is 4. The van der Waals surface area contributed by atoms with Crippen molar-refractivity contribution in [1.29, 1.82) is 0 Å². The van der Waals surface area contributed by atoms with Crippen LogP contribution in [0, 0.1) is 5.92 Å². The van der Waals surface area contributed by atoms with Gasteiger partial charge in [0.25, 0.3) is 5.91 Å². The van der Waals surface area contributed by atoms with Crippen LogP contribution in [0.3, 0.4) is 0 Å². The third-order valence-corrected chi connectivity index (χ3v) is 4.77. The molecule has 1 aliphatic rings. The van der Waals surface area contributed by atoms with Gasteiger partial charge in [0.1, 0.15) is 16.8 Å². The van der Waals surface area contributed by atoms with Crippen LogP contribution in [0.1, 0.15) is 42.5 Å². The Bertz CT molecular complexity index is 1070. The smallest absolute Gasteiger partial charge is 0.280 e. The maximum atomic E-state index is 13.0. The highest BCUT2D eigenvalue weighted by molar-refractivity contribution is 6.29. The van der Waals surface area contributed by atoms with Crippen molar-refractivity contribution in [3.05, 3.63) is 53.2 Å². The van der Waals surface area contributed by atoms with Crippen LogP contribution in [0.2, 0.25) is 5.15 Å². The lowest BCUT2D eigenvalue weighted by Crippen LogP contribution is -2.31. The number of hydrogen-bond donors (Lipinski definition) is 0. The molecule has 136 valence electrons. The second-order valence-electron chi connectivity index (χ2n) is 6.66. The SMILES string of the molecule is CC(C)C(=O)CC1c2nccnc2C(=O)N1c1ccc2ccc(Cl)nc2n1. The Morgan fingerprint density at radius 2 is 1.89 bits per heavy atom. The van der Waals surface area contributed by atoms with Gasteiger partial charge < -0.3 is 0 Å². The van der Waals surface area contributed by atoms with Crippen LogP contribution in [-0.4, -0.2) is 31.6 Å². The Hall–Kier alpha value is -2.93. The Morgan fingerprint density at radius 1 is 1.15 bits per heavy atom. The molecule has 3 aromatic rings. The molecular weight excluding hydrogens is 366 g/mol. The van der Waals surface area contributed by atoms with E-state index in [4.69, 9.17) is 11.6 Å². The third kappa shape index (κ3) is 3.04. The second-order valence-corrected chi connectivity index (χ2v) is 7.04. The van der Waals surface area contributed by atoms with Crippen molar-refractivity contribution in [3.8, 4) is 0 Å². The Morgan fingerprint density at radius 3 is 2.67 bits per heavy atom. The van der Waals surface area contributed by atoms with Gasteiger partial charge in [0.05, 0.1) is 11.7 Å². The zero-order valence-electron chi connectivity index (χ0n) is 14.8. The van der Waals surface area contributed by atoms with E-state index in [-0.39, 0.29) is 29.7 Å². The first-order chi connectivity index (χ1) is 13.0. The van der Waals surface area contributed by atoms with Gasteiger partial charge in [0, 0.05) is 30.1 Å². The lowest BCUT2D eigenvalue weighted by molar-refractivity contribution is -0.122. The molecule has 0 bridgehead atoms. The van der Waals surface area contributed by atoms with Gasteiger partial charge in [-0.15, -0.1) is 0 Å². The maximum Gasteiger partial charge on any atom is 0.280 e. The van der Waals surface area contributed by atoms with Gasteiger partial charge in [0.2, 0.25) is 0 Å². The molecule has 0 radical (unpaired) electrons. The summed E-state index contributed by atoms with van der Waals surface area (Å²) >= 11 is 5.97. The molecule has 4 rings (SSSR count). The first-order valence-electron chi connectivity index (χ1n) is 8.56. The summed E-state index contributed by atoms with van der Waals surface area (Å²) < 4.78 is 0. The lowest BCUT2D eigenvalue weighted by Gasteiger charge is -2.24. The summed E-state index contributed by atoms with van der Waals surface area (Å²) in [5, 5.41) is 1.12. The van der Waals surface area contributed by atoms with Gasteiger partial charge in [0.15, 0.2) is 11.3 Å². The number of rotatable bonds is 4. The van der Waals surface area contributed by atoms with E-state index in [0.717, 1.165) is 5.39 Å². The summed E-state index contributed by atoms with van der Waals surface area (Å²) in [6, 6.07) is 6.50. The average molecular weight is 382 g/mol. The fourth-order valence-corrected chi connectivity index (χ4v) is 3.26. The van der Waals surface area contributed by atoms with Gasteiger partial charge >= 0.3 is 0 Å². The maximum absolute atomic E-state index is 13.0. The van der Waals surface area contributed by atoms with Gasteiger partial charge in [-0.25, -0.2) is 15.0 Å². The fourth-order valence-electron chi connectivity index (χ4n) is 3.11. The molecule has 0 spiro atoms. The van der Waals surface area contributed by atoms with Gasteiger partial charge in [-0.2, -0.15) is 0 Å². The molecule has 1 unspecified atom stereocenters. The molecule has 8 heteroatoms. The number of hydrogen-bond acceptors (Lipinski definition) is 6. The van der Waals surface area contributed by atoms with E-state index in [1.54, 1.807) is 12.1 Å². The molecule has 1 atom stereocenters. The Labute approximate surface area is 160 Å². The monoisotopic (exact) mass is 381 g/mol. The van der Waals surface area contributed by atoms with Crippen molar-refractivity contribution in [2.75, 3.05) is 4.90 Å². The molecule has 3 aromatic heterocycles. The van der Waals surface area contributed by atoms with E-state index in [0.29, 0.717) is 22.3 Å². The molecule has 0 fully saturated rings. The van der Waals surface area contributed by atoms with E-state index < -0.39 is 6.04 Å². The summed E-state index contributed by atoms with van der Waals surface area (Å²) in [7, 11) is 0. The van der Waals surface area contributed by atoms with Crippen molar-refractivity contribution >= 4 is 40.1 Å². The number of amides is 1. The number of ketones is 1. The van der Waals surface area contributed by atoms with Crippen LogP contribution >= 0.6 is 11.6 Å². The van der Waals surface area contributed by atoms with E-state index in [1.165, 1.54) is 17.3 Å². The second kappa shape index (κ2) is 6.66. The third-order valence-electron chi connectivity index (χ3n) is 4.56. The zero-order valence-corrected chi connectivity index (χ0v) is 15.5. The van der Waals surface area contributed by atoms with Crippen LogP contribution in [-0.2, 0) is 4.79 Å². The number of nitrogens with zero attached hydrogens (tertiary/aromatic N) is 5. The summed E-state index contributed by atoms with van der Waals surface area (Å²) in [5.74, 6) is -0.0388. The number of anilines is 1. The number of pyridine rings is 2. The van der Waals surface area contributed by atoms with Crippen molar-refractivity contribution < 1.29 is 9.59 Å².